The van der Waals surface area contributed by atoms with Gasteiger partial charge in [-0.05, 0) is 13.8 Å². The first-order valence-electron chi connectivity index (χ1n) is 6.75. The summed E-state index contributed by atoms with van der Waals surface area (Å²) in [7, 11) is 0. The Morgan fingerprint density at radius 2 is 2.21 bits per heavy atom. The van der Waals surface area contributed by atoms with Crippen molar-refractivity contribution in [2.75, 3.05) is 44.7 Å². The average Bonchev–Trinajstić information content (AvgIpc) is 2.79. The number of ether oxygens (including phenoxy) is 1. The summed E-state index contributed by atoms with van der Waals surface area (Å²) in [6.45, 7) is 8.98. The molecule has 1 aliphatic rings. The van der Waals surface area contributed by atoms with Gasteiger partial charge in [0.25, 0.3) is 0 Å². The Kier molecular flexibility index (Phi) is 5.30. The zero-order chi connectivity index (χ0) is 13.7. The van der Waals surface area contributed by atoms with Crippen molar-refractivity contribution < 1.29 is 9.53 Å². The predicted octanol–water partition coefficient (Wildman–Crippen LogP) is 1.79. The third kappa shape index (κ3) is 3.99. The van der Waals surface area contributed by atoms with E-state index in [0.717, 1.165) is 55.1 Å². The van der Waals surface area contributed by atoms with Gasteiger partial charge in [-0.1, -0.05) is 11.3 Å². The molecular formula is C13H21N3O2S. The van der Waals surface area contributed by atoms with Crippen LogP contribution >= 0.6 is 11.3 Å². The number of morpholine rings is 1. The summed E-state index contributed by atoms with van der Waals surface area (Å²) in [6.07, 6.45) is 0.564. The average molecular weight is 283 g/mol. The summed E-state index contributed by atoms with van der Waals surface area (Å²) in [4.78, 5) is 19.7. The Morgan fingerprint density at radius 1 is 1.47 bits per heavy atom. The van der Waals surface area contributed by atoms with Crippen molar-refractivity contribution in [3.63, 3.8) is 0 Å². The van der Waals surface area contributed by atoms with Crippen molar-refractivity contribution in [2.45, 2.75) is 20.3 Å². The lowest BCUT2D eigenvalue weighted by Gasteiger charge is -2.26. The molecule has 1 aliphatic heterocycles. The van der Waals surface area contributed by atoms with Gasteiger partial charge in [-0.2, -0.15) is 0 Å². The first-order valence-corrected chi connectivity index (χ1v) is 7.57. The fraction of sp³-hybridized carbons (Fsp3) is 0.692. The zero-order valence-corrected chi connectivity index (χ0v) is 12.4. The second-order valence-electron chi connectivity index (χ2n) is 4.59. The molecule has 1 fully saturated rings. The summed E-state index contributed by atoms with van der Waals surface area (Å²) >= 11 is 1.46. The Morgan fingerprint density at radius 3 is 2.89 bits per heavy atom. The maximum absolute atomic E-state index is 12.2. The number of ketones is 1. The smallest absolute Gasteiger partial charge is 0.183 e. The first kappa shape index (κ1) is 14.4. The SMILES string of the molecule is CCNc1nc(C)c(C(=O)CCN2CCOCC2)s1. The van der Waals surface area contributed by atoms with Gasteiger partial charge in [-0.25, -0.2) is 4.98 Å². The standard InChI is InChI=1S/C13H21N3O2S/c1-3-14-13-15-10(2)12(19-13)11(17)4-5-16-6-8-18-9-7-16/h3-9H2,1-2H3,(H,14,15). The van der Waals surface area contributed by atoms with E-state index < -0.39 is 0 Å². The van der Waals surface area contributed by atoms with Gasteiger partial charge in [0.05, 0.1) is 23.8 Å². The highest BCUT2D eigenvalue weighted by Crippen LogP contribution is 2.23. The minimum absolute atomic E-state index is 0.200. The van der Waals surface area contributed by atoms with E-state index in [-0.39, 0.29) is 5.78 Å². The van der Waals surface area contributed by atoms with Gasteiger partial charge in [-0.15, -0.1) is 0 Å². The van der Waals surface area contributed by atoms with Crippen molar-refractivity contribution in [3.8, 4) is 0 Å². The second-order valence-corrected chi connectivity index (χ2v) is 5.59. The molecule has 0 amide bonds. The third-order valence-electron chi connectivity index (χ3n) is 3.14. The lowest BCUT2D eigenvalue weighted by molar-refractivity contribution is 0.0370. The number of aromatic nitrogens is 1. The van der Waals surface area contributed by atoms with Crippen LogP contribution in [0.2, 0.25) is 0 Å². The van der Waals surface area contributed by atoms with Crippen molar-refractivity contribution in [3.05, 3.63) is 10.6 Å². The molecule has 1 aromatic heterocycles. The van der Waals surface area contributed by atoms with Gasteiger partial charge < -0.3 is 10.1 Å². The number of nitrogens with zero attached hydrogens (tertiary/aromatic N) is 2. The van der Waals surface area contributed by atoms with Crippen LogP contribution in [0.3, 0.4) is 0 Å². The lowest BCUT2D eigenvalue weighted by Crippen LogP contribution is -2.37. The van der Waals surface area contributed by atoms with E-state index in [1.54, 1.807) is 0 Å². The Hall–Kier alpha value is -0.980. The molecule has 0 saturated carbocycles. The second kappa shape index (κ2) is 6.98. The van der Waals surface area contributed by atoms with Crippen molar-refractivity contribution >= 4 is 22.3 Å². The number of carbonyl (C=O) groups excluding carboxylic acids is 1. The predicted molar refractivity (Wildman–Crippen MR) is 77.2 cm³/mol. The number of carbonyl (C=O) groups is 1. The molecule has 0 bridgehead atoms. The van der Waals surface area contributed by atoms with Gasteiger partial charge in [0.2, 0.25) is 0 Å². The maximum Gasteiger partial charge on any atom is 0.183 e. The van der Waals surface area contributed by atoms with Crippen LogP contribution in [0, 0.1) is 6.92 Å². The monoisotopic (exact) mass is 283 g/mol. The van der Waals surface area contributed by atoms with Crippen LogP contribution in [0.1, 0.15) is 28.7 Å². The largest absolute Gasteiger partial charge is 0.379 e. The molecule has 0 unspecified atom stereocenters. The molecule has 1 saturated heterocycles. The Balaban J connectivity index is 1.88. The molecule has 19 heavy (non-hydrogen) atoms. The molecule has 6 heteroatoms. The third-order valence-corrected chi connectivity index (χ3v) is 4.29. The van der Waals surface area contributed by atoms with E-state index in [1.807, 2.05) is 13.8 Å². The molecule has 2 heterocycles. The van der Waals surface area contributed by atoms with Crippen molar-refractivity contribution in [2.24, 2.45) is 0 Å². The van der Waals surface area contributed by atoms with Gasteiger partial charge in [-0.3, -0.25) is 9.69 Å². The number of hydrogen-bond acceptors (Lipinski definition) is 6. The van der Waals surface area contributed by atoms with Crippen molar-refractivity contribution in [1.82, 2.24) is 9.88 Å². The summed E-state index contributed by atoms with van der Waals surface area (Å²) in [5.74, 6) is 0.200. The van der Waals surface area contributed by atoms with Crippen LogP contribution in [0.25, 0.3) is 0 Å². The van der Waals surface area contributed by atoms with Crippen LogP contribution < -0.4 is 5.32 Å². The summed E-state index contributed by atoms with van der Waals surface area (Å²) in [5.41, 5.74) is 0.841. The molecule has 0 aliphatic carbocycles. The number of aryl methyl sites for hydroxylation is 1. The zero-order valence-electron chi connectivity index (χ0n) is 11.6. The number of thiazole rings is 1. The molecule has 2 rings (SSSR count). The highest BCUT2D eigenvalue weighted by molar-refractivity contribution is 7.17. The Bertz CT molecular complexity index is 428. The summed E-state index contributed by atoms with van der Waals surface area (Å²) in [6, 6.07) is 0. The van der Waals surface area contributed by atoms with Crippen LogP contribution in [0.5, 0.6) is 0 Å². The topological polar surface area (TPSA) is 54.5 Å². The van der Waals surface area contributed by atoms with Crippen LogP contribution in [0.15, 0.2) is 0 Å². The number of nitrogens with one attached hydrogen (secondary N) is 1. The molecule has 0 spiro atoms. The lowest BCUT2D eigenvalue weighted by atomic mass is 10.2. The molecular weight excluding hydrogens is 262 g/mol. The van der Waals surface area contributed by atoms with Gasteiger partial charge >= 0.3 is 0 Å². The molecule has 1 N–H and O–H groups in total. The molecule has 0 atom stereocenters. The quantitative estimate of drug-likeness (QED) is 0.807. The molecule has 106 valence electrons. The number of Topliss-reactive ketones (excluding diaryl/α,β-unsaturated/α-hetero) is 1. The Labute approximate surface area is 118 Å². The number of anilines is 1. The summed E-state index contributed by atoms with van der Waals surface area (Å²) < 4.78 is 5.30. The van der Waals surface area contributed by atoms with Gasteiger partial charge in [0, 0.05) is 32.6 Å². The molecule has 5 nitrogen and oxygen atoms in total. The molecule has 1 aromatic rings. The van der Waals surface area contributed by atoms with Crippen molar-refractivity contribution in [1.29, 1.82) is 0 Å². The normalized spacial score (nSPS) is 16.5. The van der Waals surface area contributed by atoms with E-state index in [0.29, 0.717) is 6.42 Å². The number of rotatable bonds is 6. The van der Waals surface area contributed by atoms with E-state index in [2.05, 4.69) is 15.2 Å². The van der Waals surface area contributed by atoms with E-state index >= 15 is 0 Å². The van der Waals surface area contributed by atoms with E-state index in [4.69, 9.17) is 4.74 Å². The van der Waals surface area contributed by atoms with Gasteiger partial charge in [0.1, 0.15) is 0 Å². The van der Waals surface area contributed by atoms with Crippen LogP contribution in [-0.2, 0) is 4.74 Å². The molecule has 0 aromatic carbocycles. The van der Waals surface area contributed by atoms with E-state index in [9.17, 15) is 4.79 Å². The highest BCUT2D eigenvalue weighted by Gasteiger charge is 2.17. The van der Waals surface area contributed by atoms with E-state index in [1.165, 1.54) is 11.3 Å². The van der Waals surface area contributed by atoms with Crippen LogP contribution in [0.4, 0.5) is 5.13 Å². The first-order chi connectivity index (χ1) is 9.20. The summed E-state index contributed by atoms with van der Waals surface area (Å²) in [5, 5.41) is 4.00. The highest BCUT2D eigenvalue weighted by atomic mass is 32.1. The minimum atomic E-state index is 0.200. The fourth-order valence-corrected chi connectivity index (χ4v) is 3.08. The molecule has 0 radical (unpaired) electrons. The van der Waals surface area contributed by atoms with Gasteiger partial charge in [0.15, 0.2) is 10.9 Å². The minimum Gasteiger partial charge on any atom is -0.379 e. The fourth-order valence-electron chi connectivity index (χ4n) is 2.08. The maximum atomic E-state index is 12.2. The number of hydrogen-bond donors (Lipinski definition) is 1. The van der Waals surface area contributed by atoms with Crippen LogP contribution in [-0.4, -0.2) is 55.1 Å².